The Labute approximate surface area is 171 Å². The molecule has 29 heavy (non-hydrogen) atoms. The first-order valence-electron chi connectivity index (χ1n) is 9.93. The summed E-state index contributed by atoms with van der Waals surface area (Å²) in [6.07, 6.45) is 6.72. The minimum atomic E-state index is -0.580. The van der Waals surface area contributed by atoms with Crippen molar-refractivity contribution in [3.63, 3.8) is 0 Å². The fourth-order valence-corrected chi connectivity index (χ4v) is 3.31. The Hall–Kier alpha value is -2.96. The Bertz CT molecular complexity index is 892. The van der Waals surface area contributed by atoms with Gasteiger partial charge in [-0.1, -0.05) is 13.3 Å². The summed E-state index contributed by atoms with van der Waals surface area (Å²) in [4.78, 5) is 33.6. The van der Waals surface area contributed by atoms with E-state index in [-0.39, 0.29) is 17.9 Å². The number of aromatic nitrogens is 2. The van der Waals surface area contributed by atoms with Crippen molar-refractivity contribution < 1.29 is 14.3 Å². The molecular weight excluding hydrogens is 368 g/mol. The number of anilines is 1. The summed E-state index contributed by atoms with van der Waals surface area (Å²) < 4.78 is 5.43. The van der Waals surface area contributed by atoms with E-state index in [0.29, 0.717) is 18.5 Å². The van der Waals surface area contributed by atoms with E-state index in [0.717, 1.165) is 23.2 Å². The molecule has 0 saturated heterocycles. The molecule has 2 aromatic heterocycles. The van der Waals surface area contributed by atoms with Crippen LogP contribution in [0.2, 0.25) is 0 Å². The third kappa shape index (κ3) is 5.53. The van der Waals surface area contributed by atoms with Crippen molar-refractivity contribution >= 4 is 17.7 Å². The zero-order valence-corrected chi connectivity index (χ0v) is 17.4. The van der Waals surface area contributed by atoms with Crippen LogP contribution in [0.3, 0.4) is 0 Å². The van der Waals surface area contributed by atoms with Gasteiger partial charge in [-0.05, 0) is 57.4 Å². The molecule has 0 radical (unpaired) electrons. The lowest BCUT2D eigenvalue weighted by atomic mass is 9.96. The number of pyridine rings is 2. The van der Waals surface area contributed by atoms with Gasteiger partial charge in [0.1, 0.15) is 5.60 Å². The van der Waals surface area contributed by atoms with Crippen LogP contribution in [0, 0.1) is 5.92 Å². The number of nitrogens with zero attached hydrogens (tertiary/aromatic N) is 2. The molecule has 1 unspecified atom stereocenters. The molecule has 0 aliphatic carbocycles. The second kappa shape index (κ2) is 8.59. The summed E-state index contributed by atoms with van der Waals surface area (Å²) >= 11 is 0. The molecule has 2 amide bonds. The van der Waals surface area contributed by atoms with Gasteiger partial charge in [-0.15, -0.1) is 0 Å². The maximum atomic E-state index is 12.6. The van der Waals surface area contributed by atoms with Crippen LogP contribution in [0.1, 0.15) is 58.7 Å². The molecule has 3 heterocycles. The molecule has 7 heteroatoms. The van der Waals surface area contributed by atoms with Crippen molar-refractivity contribution in [2.24, 2.45) is 5.92 Å². The summed E-state index contributed by atoms with van der Waals surface area (Å²) in [6.45, 7) is 7.40. The largest absolute Gasteiger partial charge is 0.444 e. The summed E-state index contributed by atoms with van der Waals surface area (Å²) in [6, 6.07) is 5.39. The highest BCUT2D eigenvalue weighted by molar-refractivity contribution is 5.96. The molecule has 1 aliphatic rings. The Kier molecular flexibility index (Phi) is 6.15. The van der Waals surface area contributed by atoms with Crippen molar-refractivity contribution in [2.75, 3.05) is 5.32 Å². The molecular formula is C22H28N4O3. The van der Waals surface area contributed by atoms with Crippen LogP contribution in [-0.2, 0) is 9.53 Å². The van der Waals surface area contributed by atoms with E-state index in [1.54, 1.807) is 18.6 Å². The van der Waals surface area contributed by atoms with E-state index in [2.05, 4.69) is 20.6 Å². The monoisotopic (exact) mass is 396 g/mol. The summed E-state index contributed by atoms with van der Waals surface area (Å²) in [5, 5.41) is 5.94. The number of nitrogens with one attached hydrogen (secondary N) is 2. The standard InChI is InChI=1S/C22H28N4O3/c1-14-6-5-7-17(26-21(28)29-22(2,3)4)18-12-15(8-11-24-18)16-9-10-23-13-19(16)25-20(14)27/h8-14,17H,5-7H2,1-4H3,(H,25,27)(H,26,28)/t14?,17-/m0/s1. The van der Waals surface area contributed by atoms with E-state index in [1.165, 1.54) is 0 Å². The van der Waals surface area contributed by atoms with Gasteiger partial charge in [0.2, 0.25) is 5.91 Å². The van der Waals surface area contributed by atoms with E-state index in [1.807, 2.05) is 45.9 Å². The van der Waals surface area contributed by atoms with Gasteiger partial charge in [0.25, 0.3) is 0 Å². The number of amides is 2. The van der Waals surface area contributed by atoms with Crippen molar-refractivity contribution in [1.82, 2.24) is 15.3 Å². The number of carbonyl (C=O) groups is 2. The van der Waals surface area contributed by atoms with E-state index in [4.69, 9.17) is 4.74 Å². The fourth-order valence-electron chi connectivity index (χ4n) is 3.31. The van der Waals surface area contributed by atoms with Crippen LogP contribution >= 0.6 is 0 Å². The highest BCUT2D eigenvalue weighted by Crippen LogP contribution is 2.31. The first-order chi connectivity index (χ1) is 13.7. The number of carbonyl (C=O) groups excluding carboxylic acids is 2. The molecule has 7 nitrogen and oxygen atoms in total. The Morgan fingerprint density at radius 2 is 2.03 bits per heavy atom. The van der Waals surface area contributed by atoms with Gasteiger partial charge in [0.05, 0.1) is 23.6 Å². The molecule has 2 N–H and O–H groups in total. The lowest BCUT2D eigenvalue weighted by Gasteiger charge is -2.24. The molecule has 2 aromatic rings. The number of rotatable bonds is 1. The second-order valence-corrected chi connectivity index (χ2v) is 8.41. The predicted molar refractivity (Wildman–Crippen MR) is 111 cm³/mol. The average Bonchev–Trinajstić information content (AvgIpc) is 2.65. The molecule has 3 rings (SSSR count). The van der Waals surface area contributed by atoms with E-state index >= 15 is 0 Å². The highest BCUT2D eigenvalue weighted by atomic mass is 16.6. The minimum Gasteiger partial charge on any atom is -0.444 e. The summed E-state index contributed by atoms with van der Waals surface area (Å²) in [5.41, 5.74) is 2.61. The van der Waals surface area contributed by atoms with Crippen molar-refractivity contribution in [2.45, 2.75) is 58.6 Å². The number of hydrogen-bond acceptors (Lipinski definition) is 5. The molecule has 1 aliphatic heterocycles. The minimum absolute atomic E-state index is 0.0363. The topological polar surface area (TPSA) is 93.2 Å². The Morgan fingerprint density at radius 3 is 2.79 bits per heavy atom. The molecule has 0 saturated carbocycles. The maximum absolute atomic E-state index is 12.6. The lowest BCUT2D eigenvalue weighted by molar-refractivity contribution is -0.119. The smallest absolute Gasteiger partial charge is 0.408 e. The third-order valence-electron chi connectivity index (χ3n) is 4.80. The van der Waals surface area contributed by atoms with E-state index < -0.39 is 11.7 Å². The quantitative estimate of drug-likeness (QED) is 0.742. The second-order valence-electron chi connectivity index (χ2n) is 8.41. The number of fused-ring (bicyclic) bond motifs is 4. The number of ether oxygens (including phenoxy) is 1. The van der Waals surface area contributed by atoms with Crippen LogP contribution in [0.15, 0.2) is 36.8 Å². The molecule has 2 atom stereocenters. The molecule has 0 fully saturated rings. The van der Waals surface area contributed by atoms with Gasteiger partial charge < -0.3 is 15.4 Å². The first-order valence-corrected chi connectivity index (χ1v) is 9.93. The van der Waals surface area contributed by atoms with Crippen LogP contribution < -0.4 is 10.6 Å². The first kappa shape index (κ1) is 20.8. The SMILES string of the molecule is CC1CCC[C@H](NC(=O)OC(C)(C)C)c2cc(ccn2)-c2ccncc2NC1=O. The normalized spacial score (nSPS) is 19.8. The molecule has 0 spiro atoms. The van der Waals surface area contributed by atoms with Crippen LogP contribution in [-0.4, -0.2) is 27.6 Å². The van der Waals surface area contributed by atoms with Gasteiger partial charge in [0, 0.05) is 23.9 Å². The number of alkyl carbamates (subject to hydrolysis) is 1. The van der Waals surface area contributed by atoms with Crippen molar-refractivity contribution in [1.29, 1.82) is 0 Å². The fraction of sp³-hybridized carbons (Fsp3) is 0.455. The lowest BCUT2D eigenvalue weighted by Crippen LogP contribution is -2.35. The molecule has 154 valence electrons. The van der Waals surface area contributed by atoms with Crippen molar-refractivity contribution in [3.05, 3.63) is 42.5 Å². The zero-order valence-electron chi connectivity index (χ0n) is 17.4. The van der Waals surface area contributed by atoms with Gasteiger partial charge in [-0.3, -0.25) is 14.8 Å². The highest BCUT2D eigenvalue weighted by Gasteiger charge is 2.24. The van der Waals surface area contributed by atoms with Gasteiger partial charge in [-0.25, -0.2) is 4.79 Å². The zero-order chi connectivity index (χ0) is 21.0. The average molecular weight is 396 g/mol. The van der Waals surface area contributed by atoms with Crippen LogP contribution in [0.25, 0.3) is 11.1 Å². The molecule has 0 aromatic carbocycles. The predicted octanol–water partition coefficient (Wildman–Crippen LogP) is 4.47. The van der Waals surface area contributed by atoms with Crippen LogP contribution in [0.5, 0.6) is 0 Å². The van der Waals surface area contributed by atoms with Crippen LogP contribution in [0.4, 0.5) is 10.5 Å². The van der Waals surface area contributed by atoms with Crippen molar-refractivity contribution in [3.8, 4) is 11.1 Å². The Balaban J connectivity index is 1.97. The van der Waals surface area contributed by atoms with Gasteiger partial charge >= 0.3 is 6.09 Å². The summed E-state index contributed by atoms with van der Waals surface area (Å²) in [5.74, 6) is -0.193. The molecule has 2 bridgehead atoms. The summed E-state index contributed by atoms with van der Waals surface area (Å²) in [7, 11) is 0. The van der Waals surface area contributed by atoms with E-state index in [9.17, 15) is 9.59 Å². The third-order valence-corrected chi connectivity index (χ3v) is 4.80. The Morgan fingerprint density at radius 1 is 1.24 bits per heavy atom. The van der Waals surface area contributed by atoms with Gasteiger partial charge in [-0.2, -0.15) is 0 Å². The maximum Gasteiger partial charge on any atom is 0.408 e. The van der Waals surface area contributed by atoms with Gasteiger partial charge in [0.15, 0.2) is 0 Å². The number of hydrogen-bond donors (Lipinski definition) is 2.